The molecule has 1 heterocycles. The van der Waals surface area contributed by atoms with Crippen molar-refractivity contribution in [3.8, 4) is 0 Å². The molecule has 2 aromatic carbocycles. The number of nitrogens with zero attached hydrogens (tertiary/aromatic N) is 1. The SMILES string of the molecule is Cc1cccc(NC(=O)c2ccc(N3C(=O)[C@@H]4C[C@H](Br)[C@@H](Br)C[C@H]4C3=O)cc2)c1C. The minimum atomic E-state index is -0.289. The lowest BCUT2D eigenvalue weighted by atomic mass is 9.81. The van der Waals surface area contributed by atoms with Crippen LogP contribution in [0.4, 0.5) is 11.4 Å². The Kier molecular flexibility index (Phi) is 5.86. The lowest BCUT2D eigenvalue weighted by Gasteiger charge is -2.29. The number of benzene rings is 2. The first-order valence-electron chi connectivity index (χ1n) is 9.91. The molecule has 0 radical (unpaired) electrons. The van der Waals surface area contributed by atoms with Crippen LogP contribution in [0, 0.1) is 25.7 Å². The second-order valence-electron chi connectivity index (χ2n) is 7.98. The molecule has 0 bridgehead atoms. The summed E-state index contributed by atoms with van der Waals surface area (Å²) in [4.78, 5) is 40.1. The largest absolute Gasteiger partial charge is 0.322 e. The van der Waals surface area contributed by atoms with E-state index in [1.165, 1.54) is 4.90 Å². The number of halogens is 2. The number of hydrogen-bond donors (Lipinski definition) is 1. The van der Waals surface area contributed by atoms with Gasteiger partial charge >= 0.3 is 0 Å². The van der Waals surface area contributed by atoms with Crippen LogP contribution in [0.3, 0.4) is 0 Å². The van der Waals surface area contributed by atoms with Crippen LogP contribution in [0.2, 0.25) is 0 Å². The molecule has 156 valence electrons. The van der Waals surface area contributed by atoms with Crippen LogP contribution in [0.25, 0.3) is 0 Å². The molecule has 0 unspecified atom stereocenters. The quantitative estimate of drug-likeness (QED) is 0.447. The van der Waals surface area contributed by atoms with E-state index < -0.39 is 0 Å². The Morgan fingerprint density at radius 2 is 1.50 bits per heavy atom. The van der Waals surface area contributed by atoms with Gasteiger partial charge < -0.3 is 5.32 Å². The number of carbonyl (C=O) groups excluding carboxylic acids is 3. The van der Waals surface area contributed by atoms with Crippen LogP contribution in [-0.2, 0) is 9.59 Å². The van der Waals surface area contributed by atoms with Crippen molar-refractivity contribution in [2.45, 2.75) is 36.3 Å². The van der Waals surface area contributed by atoms with E-state index in [2.05, 4.69) is 37.2 Å². The zero-order chi connectivity index (χ0) is 21.6. The lowest BCUT2D eigenvalue weighted by Crippen LogP contribution is -2.34. The predicted octanol–water partition coefficient (Wildman–Crippen LogP) is 4.98. The van der Waals surface area contributed by atoms with Gasteiger partial charge in [0.2, 0.25) is 11.8 Å². The number of hydrogen-bond acceptors (Lipinski definition) is 3. The fourth-order valence-corrected chi connectivity index (χ4v) is 5.43. The van der Waals surface area contributed by atoms with Crippen molar-refractivity contribution in [2.24, 2.45) is 11.8 Å². The molecule has 7 heteroatoms. The van der Waals surface area contributed by atoms with Gasteiger partial charge in [0, 0.05) is 20.9 Å². The third-order valence-corrected chi connectivity index (χ3v) is 8.89. The molecule has 2 fully saturated rings. The van der Waals surface area contributed by atoms with E-state index in [0.717, 1.165) is 16.8 Å². The molecule has 1 aliphatic carbocycles. The molecular weight excluding hydrogens is 512 g/mol. The van der Waals surface area contributed by atoms with Gasteiger partial charge in [0.15, 0.2) is 0 Å². The van der Waals surface area contributed by atoms with E-state index in [-0.39, 0.29) is 39.2 Å². The highest BCUT2D eigenvalue weighted by Gasteiger charge is 2.52. The molecule has 30 heavy (non-hydrogen) atoms. The summed E-state index contributed by atoms with van der Waals surface area (Å²) in [6.45, 7) is 3.96. The van der Waals surface area contributed by atoms with Gasteiger partial charge in [-0.05, 0) is 68.1 Å². The fraction of sp³-hybridized carbons (Fsp3) is 0.348. The van der Waals surface area contributed by atoms with Gasteiger partial charge in [-0.15, -0.1) is 0 Å². The Labute approximate surface area is 192 Å². The maximum Gasteiger partial charge on any atom is 0.255 e. The molecule has 1 saturated heterocycles. The number of anilines is 2. The normalized spacial score (nSPS) is 25.9. The standard InChI is InChI=1S/C23H22Br2N2O3/c1-12-4-3-5-20(13(12)2)26-21(28)14-6-8-15(9-7-14)27-22(29)16-10-18(24)19(25)11-17(16)23(27)30/h3-9,16-19H,10-11H2,1-2H3,(H,26,28)/t16-,17-,18+,19+/m1/s1. The van der Waals surface area contributed by atoms with Crippen molar-refractivity contribution in [3.05, 3.63) is 59.2 Å². The molecule has 5 nitrogen and oxygen atoms in total. The van der Waals surface area contributed by atoms with Gasteiger partial charge in [0.05, 0.1) is 17.5 Å². The van der Waals surface area contributed by atoms with E-state index >= 15 is 0 Å². The third kappa shape index (κ3) is 3.73. The lowest BCUT2D eigenvalue weighted by molar-refractivity contribution is -0.122. The smallest absolute Gasteiger partial charge is 0.255 e. The molecule has 0 aromatic heterocycles. The third-order valence-electron chi connectivity index (χ3n) is 6.15. The monoisotopic (exact) mass is 532 g/mol. The van der Waals surface area contributed by atoms with E-state index in [1.807, 2.05) is 32.0 Å². The number of fused-ring (bicyclic) bond motifs is 1. The zero-order valence-corrected chi connectivity index (χ0v) is 19.9. The Hall–Kier alpha value is -1.99. The molecule has 0 spiro atoms. The van der Waals surface area contributed by atoms with Crippen molar-refractivity contribution in [3.63, 3.8) is 0 Å². The molecule has 2 aliphatic rings. The topological polar surface area (TPSA) is 66.5 Å². The first-order chi connectivity index (χ1) is 14.3. The van der Waals surface area contributed by atoms with Gasteiger partial charge in [0.1, 0.15) is 0 Å². The molecule has 1 aliphatic heterocycles. The number of rotatable bonds is 3. The highest BCUT2D eigenvalue weighted by molar-refractivity contribution is 9.12. The summed E-state index contributed by atoms with van der Waals surface area (Å²) in [6, 6.07) is 12.4. The highest BCUT2D eigenvalue weighted by Crippen LogP contribution is 2.44. The number of carbonyl (C=O) groups is 3. The number of alkyl halides is 2. The van der Waals surface area contributed by atoms with Crippen molar-refractivity contribution < 1.29 is 14.4 Å². The number of imide groups is 1. The van der Waals surface area contributed by atoms with Crippen molar-refractivity contribution in [1.29, 1.82) is 0 Å². The summed E-state index contributed by atoms with van der Waals surface area (Å²) in [5, 5.41) is 2.93. The summed E-state index contributed by atoms with van der Waals surface area (Å²) >= 11 is 7.20. The maximum atomic E-state index is 12.9. The molecular formula is C23H22Br2N2O3. The van der Waals surface area contributed by atoms with Gasteiger partial charge in [-0.3, -0.25) is 19.3 Å². The Balaban J connectivity index is 1.52. The molecule has 3 amide bonds. The van der Waals surface area contributed by atoms with Crippen LogP contribution >= 0.6 is 31.9 Å². The Morgan fingerprint density at radius 3 is 2.07 bits per heavy atom. The maximum absolute atomic E-state index is 12.9. The van der Waals surface area contributed by atoms with Crippen LogP contribution in [0.1, 0.15) is 34.3 Å². The Morgan fingerprint density at radius 1 is 0.933 bits per heavy atom. The minimum Gasteiger partial charge on any atom is -0.322 e. The predicted molar refractivity (Wildman–Crippen MR) is 124 cm³/mol. The fourth-order valence-electron chi connectivity index (χ4n) is 4.19. The number of amides is 3. The van der Waals surface area contributed by atoms with E-state index in [1.54, 1.807) is 24.3 Å². The highest BCUT2D eigenvalue weighted by atomic mass is 79.9. The van der Waals surface area contributed by atoms with Crippen LogP contribution < -0.4 is 10.2 Å². The van der Waals surface area contributed by atoms with Crippen molar-refractivity contribution in [1.82, 2.24) is 0 Å². The first kappa shape index (κ1) is 21.2. The Bertz CT molecular complexity index is 994. The summed E-state index contributed by atoms with van der Waals surface area (Å²) < 4.78 is 0. The van der Waals surface area contributed by atoms with Crippen LogP contribution in [-0.4, -0.2) is 27.4 Å². The molecule has 1 N–H and O–H groups in total. The number of aryl methyl sites for hydroxylation is 1. The summed E-state index contributed by atoms with van der Waals surface area (Å²) in [6.07, 6.45) is 1.27. The summed E-state index contributed by atoms with van der Waals surface area (Å²) in [7, 11) is 0. The van der Waals surface area contributed by atoms with Gasteiger partial charge in [-0.25, -0.2) is 0 Å². The summed E-state index contributed by atoms with van der Waals surface area (Å²) in [5.74, 6) is -1.11. The van der Waals surface area contributed by atoms with E-state index in [9.17, 15) is 14.4 Å². The van der Waals surface area contributed by atoms with Crippen LogP contribution in [0.5, 0.6) is 0 Å². The van der Waals surface area contributed by atoms with E-state index in [0.29, 0.717) is 24.1 Å². The number of nitrogens with one attached hydrogen (secondary N) is 1. The van der Waals surface area contributed by atoms with E-state index in [4.69, 9.17) is 0 Å². The van der Waals surface area contributed by atoms with Crippen molar-refractivity contribution >= 4 is 61.0 Å². The zero-order valence-electron chi connectivity index (χ0n) is 16.7. The van der Waals surface area contributed by atoms with Gasteiger partial charge in [-0.2, -0.15) is 0 Å². The average Bonchev–Trinajstić information content (AvgIpc) is 2.96. The average molecular weight is 534 g/mol. The first-order valence-corrected chi connectivity index (χ1v) is 11.7. The van der Waals surface area contributed by atoms with Crippen molar-refractivity contribution in [2.75, 3.05) is 10.2 Å². The summed E-state index contributed by atoms with van der Waals surface area (Å²) in [5.41, 5.74) is 3.88. The van der Waals surface area contributed by atoms with Gasteiger partial charge in [-0.1, -0.05) is 44.0 Å². The van der Waals surface area contributed by atoms with Gasteiger partial charge in [0.25, 0.3) is 5.91 Å². The molecule has 2 aromatic rings. The second kappa shape index (κ2) is 8.27. The van der Waals surface area contributed by atoms with Crippen LogP contribution in [0.15, 0.2) is 42.5 Å². The minimum absolute atomic E-state index is 0.151. The molecule has 1 saturated carbocycles. The molecule has 4 rings (SSSR count). The second-order valence-corrected chi connectivity index (χ2v) is 10.3. The molecule has 4 atom stereocenters.